The van der Waals surface area contributed by atoms with E-state index in [-0.39, 0.29) is 5.97 Å². The van der Waals surface area contributed by atoms with Gasteiger partial charge in [0, 0.05) is 31.2 Å². The maximum Gasteiger partial charge on any atom is 0.337 e. The van der Waals surface area contributed by atoms with Gasteiger partial charge in [0.1, 0.15) is 0 Å². The van der Waals surface area contributed by atoms with E-state index in [9.17, 15) is 4.79 Å². The summed E-state index contributed by atoms with van der Waals surface area (Å²) in [5, 5.41) is 3.28. The van der Waals surface area contributed by atoms with Gasteiger partial charge in [-0.3, -0.25) is 0 Å². The number of ether oxygens (including phenoxy) is 1. The molecule has 104 valence electrons. The quantitative estimate of drug-likeness (QED) is 0.866. The number of methoxy groups -OCH3 is 1. The number of carbonyl (C=O) groups is 1. The summed E-state index contributed by atoms with van der Waals surface area (Å²) in [5.41, 5.74) is 3.62. The lowest BCUT2D eigenvalue weighted by atomic mass is 10.2. The molecule has 0 radical (unpaired) electrons. The second-order valence-electron chi connectivity index (χ2n) is 4.64. The molecule has 0 saturated carbocycles. The van der Waals surface area contributed by atoms with Crippen molar-refractivity contribution in [3.05, 3.63) is 54.1 Å². The minimum Gasteiger partial charge on any atom is -0.465 e. The van der Waals surface area contributed by atoms with Crippen molar-refractivity contribution in [2.75, 3.05) is 31.4 Å². The predicted molar refractivity (Wildman–Crippen MR) is 81.8 cm³/mol. The second-order valence-corrected chi connectivity index (χ2v) is 4.64. The monoisotopic (exact) mass is 270 g/mol. The Morgan fingerprint density at radius 3 is 1.90 bits per heavy atom. The van der Waals surface area contributed by atoms with Crippen LogP contribution >= 0.6 is 0 Å². The number of esters is 1. The molecule has 0 atom stereocenters. The van der Waals surface area contributed by atoms with E-state index < -0.39 is 0 Å². The fourth-order valence-corrected chi connectivity index (χ4v) is 1.82. The molecule has 4 heteroatoms. The normalized spacial score (nSPS) is 9.95. The van der Waals surface area contributed by atoms with Gasteiger partial charge in [-0.25, -0.2) is 4.79 Å². The highest BCUT2D eigenvalue weighted by molar-refractivity contribution is 5.89. The van der Waals surface area contributed by atoms with Crippen LogP contribution in [0.3, 0.4) is 0 Å². The Morgan fingerprint density at radius 1 is 0.950 bits per heavy atom. The average molecular weight is 270 g/mol. The molecule has 2 rings (SSSR count). The van der Waals surface area contributed by atoms with Gasteiger partial charge in [-0.2, -0.15) is 0 Å². The molecule has 2 aromatic rings. The molecular weight excluding hydrogens is 252 g/mol. The molecule has 1 N–H and O–H groups in total. The Kier molecular flexibility index (Phi) is 4.25. The minimum absolute atomic E-state index is 0.327. The molecule has 0 heterocycles. The van der Waals surface area contributed by atoms with Crippen molar-refractivity contribution in [3.63, 3.8) is 0 Å². The van der Waals surface area contributed by atoms with Crippen LogP contribution in [0.15, 0.2) is 48.5 Å². The summed E-state index contributed by atoms with van der Waals surface area (Å²) in [4.78, 5) is 13.4. The average Bonchev–Trinajstić information content (AvgIpc) is 2.48. The van der Waals surface area contributed by atoms with Crippen molar-refractivity contribution < 1.29 is 9.53 Å². The van der Waals surface area contributed by atoms with Crippen molar-refractivity contribution in [1.82, 2.24) is 0 Å². The van der Waals surface area contributed by atoms with E-state index in [0.717, 1.165) is 17.1 Å². The predicted octanol–water partition coefficient (Wildman–Crippen LogP) is 3.28. The zero-order chi connectivity index (χ0) is 14.5. The first-order valence-corrected chi connectivity index (χ1v) is 6.33. The number of carbonyl (C=O) groups excluding carboxylic acids is 1. The van der Waals surface area contributed by atoms with Crippen LogP contribution in [0.1, 0.15) is 10.4 Å². The van der Waals surface area contributed by atoms with Crippen molar-refractivity contribution in [2.24, 2.45) is 0 Å². The lowest BCUT2D eigenvalue weighted by Crippen LogP contribution is -2.08. The van der Waals surface area contributed by atoms with Gasteiger partial charge in [-0.15, -0.1) is 0 Å². The van der Waals surface area contributed by atoms with E-state index in [1.54, 1.807) is 12.1 Å². The summed E-state index contributed by atoms with van der Waals surface area (Å²) in [6, 6.07) is 15.3. The molecular formula is C16H18N2O2. The summed E-state index contributed by atoms with van der Waals surface area (Å²) >= 11 is 0. The maximum absolute atomic E-state index is 11.3. The van der Waals surface area contributed by atoms with Gasteiger partial charge in [0.25, 0.3) is 0 Å². The molecule has 0 unspecified atom stereocenters. The number of nitrogens with zero attached hydrogens (tertiary/aromatic N) is 1. The molecule has 0 aliphatic carbocycles. The number of rotatable bonds is 4. The lowest BCUT2D eigenvalue weighted by molar-refractivity contribution is 0.0601. The molecule has 0 fully saturated rings. The van der Waals surface area contributed by atoms with Crippen LogP contribution < -0.4 is 10.2 Å². The van der Waals surface area contributed by atoms with E-state index in [4.69, 9.17) is 0 Å². The van der Waals surface area contributed by atoms with Crippen LogP contribution in [0.5, 0.6) is 0 Å². The number of benzene rings is 2. The van der Waals surface area contributed by atoms with Crippen molar-refractivity contribution in [1.29, 1.82) is 0 Å². The first-order chi connectivity index (χ1) is 9.60. The fraction of sp³-hybridized carbons (Fsp3) is 0.188. The molecule has 0 amide bonds. The molecule has 0 saturated heterocycles. The van der Waals surface area contributed by atoms with Gasteiger partial charge < -0.3 is 15.0 Å². The minimum atomic E-state index is -0.327. The third-order valence-corrected chi connectivity index (χ3v) is 2.98. The number of anilines is 3. The fourth-order valence-electron chi connectivity index (χ4n) is 1.82. The Hall–Kier alpha value is -2.49. The zero-order valence-corrected chi connectivity index (χ0v) is 11.9. The molecule has 0 aliphatic heterocycles. The second kappa shape index (κ2) is 6.10. The summed E-state index contributed by atoms with van der Waals surface area (Å²) < 4.78 is 4.67. The summed E-state index contributed by atoms with van der Waals surface area (Å²) in [6.07, 6.45) is 0. The SMILES string of the molecule is COC(=O)c1ccc(Nc2ccc(N(C)C)cc2)cc1. The van der Waals surface area contributed by atoms with Crippen LogP contribution in [-0.2, 0) is 4.74 Å². The standard InChI is InChI=1S/C16H18N2O2/c1-18(2)15-10-8-14(9-11-15)17-13-6-4-12(5-7-13)16(19)20-3/h4-11,17H,1-3H3. The smallest absolute Gasteiger partial charge is 0.337 e. The topological polar surface area (TPSA) is 41.6 Å². The van der Waals surface area contributed by atoms with E-state index in [1.165, 1.54) is 7.11 Å². The third-order valence-electron chi connectivity index (χ3n) is 2.98. The van der Waals surface area contributed by atoms with Crippen molar-refractivity contribution in [3.8, 4) is 0 Å². The Bertz CT molecular complexity index is 574. The highest BCUT2D eigenvalue weighted by Crippen LogP contribution is 2.20. The maximum atomic E-state index is 11.3. The van der Waals surface area contributed by atoms with Crippen molar-refractivity contribution in [2.45, 2.75) is 0 Å². The summed E-state index contributed by atoms with van der Waals surface area (Å²) in [5.74, 6) is -0.327. The highest BCUT2D eigenvalue weighted by atomic mass is 16.5. The molecule has 0 bridgehead atoms. The van der Waals surface area contributed by atoms with E-state index in [0.29, 0.717) is 5.56 Å². The molecule has 2 aromatic carbocycles. The van der Waals surface area contributed by atoms with Crippen LogP contribution in [0.2, 0.25) is 0 Å². The Balaban J connectivity index is 2.08. The number of hydrogen-bond donors (Lipinski definition) is 1. The largest absolute Gasteiger partial charge is 0.465 e. The molecule has 0 aliphatic rings. The lowest BCUT2D eigenvalue weighted by Gasteiger charge is -2.13. The van der Waals surface area contributed by atoms with Gasteiger partial charge in [-0.1, -0.05) is 0 Å². The third kappa shape index (κ3) is 3.29. The van der Waals surface area contributed by atoms with Gasteiger partial charge in [0.2, 0.25) is 0 Å². The number of hydrogen-bond acceptors (Lipinski definition) is 4. The van der Waals surface area contributed by atoms with Crippen LogP contribution in [0, 0.1) is 0 Å². The summed E-state index contributed by atoms with van der Waals surface area (Å²) in [7, 11) is 5.39. The zero-order valence-electron chi connectivity index (χ0n) is 11.9. The van der Waals surface area contributed by atoms with Crippen LogP contribution in [0.25, 0.3) is 0 Å². The Labute approximate surface area is 119 Å². The van der Waals surface area contributed by atoms with Gasteiger partial charge in [0.05, 0.1) is 12.7 Å². The van der Waals surface area contributed by atoms with Crippen LogP contribution in [0.4, 0.5) is 17.1 Å². The van der Waals surface area contributed by atoms with Crippen LogP contribution in [-0.4, -0.2) is 27.2 Å². The molecule has 0 spiro atoms. The van der Waals surface area contributed by atoms with Gasteiger partial charge in [-0.05, 0) is 48.5 Å². The van der Waals surface area contributed by atoms with E-state index in [2.05, 4.69) is 15.0 Å². The molecule has 4 nitrogen and oxygen atoms in total. The number of nitrogens with one attached hydrogen (secondary N) is 1. The Morgan fingerprint density at radius 2 is 1.45 bits per heavy atom. The van der Waals surface area contributed by atoms with Gasteiger partial charge in [0.15, 0.2) is 0 Å². The first kappa shape index (κ1) is 13.9. The van der Waals surface area contributed by atoms with Gasteiger partial charge >= 0.3 is 5.97 Å². The first-order valence-electron chi connectivity index (χ1n) is 6.33. The molecule has 0 aromatic heterocycles. The highest BCUT2D eigenvalue weighted by Gasteiger charge is 2.04. The molecule has 20 heavy (non-hydrogen) atoms. The van der Waals surface area contributed by atoms with E-state index in [1.807, 2.05) is 50.5 Å². The van der Waals surface area contributed by atoms with Crippen molar-refractivity contribution >= 4 is 23.0 Å². The van der Waals surface area contributed by atoms with E-state index >= 15 is 0 Å². The summed E-state index contributed by atoms with van der Waals surface area (Å²) in [6.45, 7) is 0.